The summed E-state index contributed by atoms with van der Waals surface area (Å²) in [6, 6.07) is 7.72. The summed E-state index contributed by atoms with van der Waals surface area (Å²) in [7, 11) is 3.73. The first-order valence-electron chi connectivity index (χ1n) is 8.68. The Kier molecular flexibility index (Phi) is 6.67. The maximum atomic E-state index is 12.6. The molecule has 1 aromatic heterocycles. The molecule has 1 aliphatic rings. The van der Waals surface area contributed by atoms with Crippen molar-refractivity contribution in [1.29, 1.82) is 0 Å². The van der Waals surface area contributed by atoms with Crippen molar-refractivity contribution in [3.8, 4) is 0 Å². The highest BCUT2D eigenvalue weighted by Crippen LogP contribution is 2.17. The number of benzene rings is 1. The minimum Gasteiger partial charge on any atom is -0.342 e. The van der Waals surface area contributed by atoms with E-state index < -0.39 is 0 Å². The molecule has 2 heterocycles. The predicted molar refractivity (Wildman–Crippen MR) is 102 cm³/mol. The van der Waals surface area contributed by atoms with E-state index in [2.05, 4.69) is 5.32 Å². The fourth-order valence-corrected chi connectivity index (χ4v) is 3.69. The quantitative estimate of drug-likeness (QED) is 0.874. The Balaban J connectivity index is 0.00000225. The van der Waals surface area contributed by atoms with Gasteiger partial charge < -0.3 is 10.2 Å². The standard InChI is InChI=1S/C18H26N4O2.ClH/c1-19-12-14-6-5-10-21(13-14)17(23)9-11-22-16-8-4-3-7-15(16)20(2)18(22)24;/h3-4,7-8,14,19H,5-6,9-13H2,1-2H3;1H. The third-order valence-electron chi connectivity index (χ3n) is 4.97. The number of piperidine rings is 1. The lowest BCUT2D eigenvalue weighted by Gasteiger charge is -2.32. The lowest BCUT2D eigenvalue weighted by atomic mass is 9.98. The molecule has 0 bridgehead atoms. The van der Waals surface area contributed by atoms with Crippen molar-refractivity contribution in [2.45, 2.75) is 25.8 Å². The van der Waals surface area contributed by atoms with Crippen LogP contribution in [0.5, 0.6) is 0 Å². The van der Waals surface area contributed by atoms with Gasteiger partial charge in [0, 0.05) is 33.1 Å². The van der Waals surface area contributed by atoms with E-state index in [0.717, 1.165) is 37.1 Å². The summed E-state index contributed by atoms with van der Waals surface area (Å²) in [6.07, 6.45) is 2.61. The van der Waals surface area contributed by atoms with E-state index in [0.29, 0.717) is 18.9 Å². The Morgan fingerprint density at radius 1 is 1.28 bits per heavy atom. The first-order valence-corrected chi connectivity index (χ1v) is 8.68. The molecule has 1 unspecified atom stereocenters. The molecule has 0 aliphatic carbocycles. The van der Waals surface area contributed by atoms with Crippen molar-refractivity contribution in [3.05, 3.63) is 34.7 Å². The van der Waals surface area contributed by atoms with Gasteiger partial charge in [0.25, 0.3) is 0 Å². The molecule has 138 valence electrons. The summed E-state index contributed by atoms with van der Waals surface area (Å²) in [5.41, 5.74) is 1.74. The van der Waals surface area contributed by atoms with E-state index in [1.807, 2.05) is 36.2 Å². The molecule has 1 amide bonds. The Morgan fingerprint density at radius 2 is 2.00 bits per heavy atom. The molecule has 3 rings (SSSR count). The maximum Gasteiger partial charge on any atom is 0.328 e. The second-order valence-corrected chi connectivity index (χ2v) is 6.64. The summed E-state index contributed by atoms with van der Waals surface area (Å²) in [4.78, 5) is 26.9. The largest absolute Gasteiger partial charge is 0.342 e. The van der Waals surface area contributed by atoms with Gasteiger partial charge in [-0.3, -0.25) is 13.9 Å². The van der Waals surface area contributed by atoms with Crippen LogP contribution < -0.4 is 11.0 Å². The van der Waals surface area contributed by atoms with Gasteiger partial charge in [-0.15, -0.1) is 12.4 Å². The van der Waals surface area contributed by atoms with Crippen LogP contribution in [0.3, 0.4) is 0 Å². The van der Waals surface area contributed by atoms with E-state index >= 15 is 0 Å². The molecule has 1 atom stereocenters. The number of aromatic nitrogens is 2. The number of aryl methyl sites for hydroxylation is 2. The molecular weight excluding hydrogens is 340 g/mol. The number of amides is 1. The van der Waals surface area contributed by atoms with Crippen LogP contribution in [-0.4, -0.2) is 46.6 Å². The van der Waals surface area contributed by atoms with Gasteiger partial charge in [-0.2, -0.15) is 0 Å². The lowest BCUT2D eigenvalue weighted by molar-refractivity contribution is -0.133. The molecule has 6 nitrogen and oxygen atoms in total. The van der Waals surface area contributed by atoms with Gasteiger partial charge in [0.05, 0.1) is 11.0 Å². The van der Waals surface area contributed by atoms with E-state index in [-0.39, 0.29) is 24.0 Å². The van der Waals surface area contributed by atoms with Crippen molar-refractivity contribution < 1.29 is 4.79 Å². The highest BCUT2D eigenvalue weighted by Gasteiger charge is 2.23. The fraction of sp³-hybridized carbons (Fsp3) is 0.556. The summed E-state index contributed by atoms with van der Waals surface area (Å²) in [5.74, 6) is 0.684. The number of hydrogen-bond donors (Lipinski definition) is 1. The van der Waals surface area contributed by atoms with Gasteiger partial charge in [0.15, 0.2) is 0 Å². The average molecular weight is 367 g/mol. The molecule has 1 N–H and O–H groups in total. The number of imidazole rings is 1. The second kappa shape index (κ2) is 8.54. The molecular formula is C18H27ClN4O2. The van der Waals surface area contributed by atoms with Gasteiger partial charge in [-0.25, -0.2) is 4.79 Å². The third-order valence-corrected chi connectivity index (χ3v) is 4.97. The van der Waals surface area contributed by atoms with Crippen molar-refractivity contribution in [1.82, 2.24) is 19.4 Å². The number of para-hydroxylation sites is 2. The maximum absolute atomic E-state index is 12.6. The molecule has 0 saturated carbocycles. The van der Waals surface area contributed by atoms with E-state index in [4.69, 9.17) is 0 Å². The Bertz CT molecular complexity index is 781. The molecule has 7 heteroatoms. The van der Waals surface area contributed by atoms with Gasteiger partial charge in [-0.05, 0) is 44.5 Å². The summed E-state index contributed by atoms with van der Waals surface area (Å²) in [5, 5.41) is 3.20. The number of rotatable bonds is 5. The predicted octanol–water partition coefficient (Wildman–Crippen LogP) is 1.61. The number of nitrogens with zero attached hydrogens (tertiary/aromatic N) is 3. The zero-order chi connectivity index (χ0) is 17.1. The van der Waals surface area contributed by atoms with Crippen molar-refractivity contribution in [2.75, 3.05) is 26.7 Å². The molecule has 2 aromatic rings. The second-order valence-electron chi connectivity index (χ2n) is 6.64. The smallest absolute Gasteiger partial charge is 0.328 e. The van der Waals surface area contributed by atoms with Crippen LogP contribution in [0.25, 0.3) is 11.0 Å². The Hall–Kier alpha value is -1.79. The minimum absolute atomic E-state index is 0. The van der Waals surface area contributed by atoms with Crippen molar-refractivity contribution in [3.63, 3.8) is 0 Å². The summed E-state index contributed by atoms with van der Waals surface area (Å²) >= 11 is 0. The highest BCUT2D eigenvalue weighted by molar-refractivity contribution is 5.85. The van der Waals surface area contributed by atoms with Gasteiger partial charge in [-0.1, -0.05) is 12.1 Å². The molecule has 1 aromatic carbocycles. The first-order chi connectivity index (χ1) is 11.6. The van der Waals surface area contributed by atoms with Crippen molar-refractivity contribution in [2.24, 2.45) is 13.0 Å². The molecule has 25 heavy (non-hydrogen) atoms. The zero-order valence-electron chi connectivity index (χ0n) is 14.9. The number of carbonyl (C=O) groups excluding carboxylic acids is 1. The number of hydrogen-bond acceptors (Lipinski definition) is 3. The number of nitrogens with one attached hydrogen (secondary N) is 1. The zero-order valence-corrected chi connectivity index (χ0v) is 15.7. The molecule has 1 fully saturated rings. The fourth-order valence-electron chi connectivity index (χ4n) is 3.69. The molecule has 0 spiro atoms. The monoisotopic (exact) mass is 366 g/mol. The summed E-state index contributed by atoms with van der Waals surface area (Å²) in [6.45, 7) is 3.05. The SMILES string of the molecule is CNCC1CCCN(C(=O)CCn2c(=O)n(C)c3ccccc32)C1.Cl. The lowest BCUT2D eigenvalue weighted by Crippen LogP contribution is -2.42. The Morgan fingerprint density at radius 3 is 2.72 bits per heavy atom. The van der Waals surface area contributed by atoms with E-state index in [9.17, 15) is 9.59 Å². The third kappa shape index (κ3) is 4.07. The number of likely N-dealkylation sites (tertiary alicyclic amines) is 1. The van der Waals surface area contributed by atoms with Crippen LogP contribution >= 0.6 is 12.4 Å². The first kappa shape index (κ1) is 19.5. The van der Waals surface area contributed by atoms with E-state index in [1.165, 1.54) is 6.42 Å². The van der Waals surface area contributed by atoms with Gasteiger partial charge in [0.2, 0.25) is 5.91 Å². The van der Waals surface area contributed by atoms with Crippen molar-refractivity contribution >= 4 is 29.3 Å². The normalized spacial score (nSPS) is 17.5. The average Bonchev–Trinajstić information content (AvgIpc) is 2.85. The van der Waals surface area contributed by atoms with Crippen LogP contribution in [0.1, 0.15) is 19.3 Å². The van der Waals surface area contributed by atoms with Crippen LogP contribution in [-0.2, 0) is 18.4 Å². The number of carbonyl (C=O) groups is 1. The topological polar surface area (TPSA) is 59.3 Å². The van der Waals surface area contributed by atoms with Gasteiger partial charge in [0.1, 0.15) is 0 Å². The minimum atomic E-state index is -0.0595. The molecule has 0 radical (unpaired) electrons. The van der Waals surface area contributed by atoms with Gasteiger partial charge >= 0.3 is 5.69 Å². The number of halogens is 1. The highest BCUT2D eigenvalue weighted by atomic mass is 35.5. The number of fused-ring (bicyclic) bond motifs is 1. The molecule has 1 aliphatic heterocycles. The van der Waals surface area contributed by atoms with E-state index in [1.54, 1.807) is 16.2 Å². The molecule has 1 saturated heterocycles. The van der Waals surface area contributed by atoms with Crippen LogP contribution in [0.4, 0.5) is 0 Å². The van der Waals surface area contributed by atoms with Crippen LogP contribution in [0.15, 0.2) is 29.1 Å². The van der Waals surface area contributed by atoms with Crippen LogP contribution in [0, 0.1) is 5.92 Å². The summed E-state index contributed by atoms with van der Waals surface area (Å²) < 4.78 is 3.35. The van der Waals surface area contributed by atoms with Crippen LogP contribution in [0.2, 0.25) is 0 Å². The Labute approximate surface area is 154 Å².